The van der Waals surface area contributed by atoms with Crippen LogP contribution in [0, 0.1) is 40.9 Å². The summed E-state index contributed by atoms with van der Waals surface area (Å²) >= 11 is 0. The fourth-order valence-corrected chi connectivity index (χ4v) is 34.5. The number of hydrogen-bond acceptors (Lipinski definition) is 18. The highest BCUT2D eigenvalue weighted by Gasteiger charge is 2.63. The topological polar surface area (TPSA) is 230 Å². The molecule has 9 atom stereocenters. The van der Waals surface area contributed by atoms with Gasteiger partial charge in [0.15, 0.2) is 32.9 Å². The Morgan fingerprint density at radius 1 is 0.605 bits per heavy atom. The van der Waals surface area contributed by atoms with Crippen molar-refractivity contribution < 1.29 is 90.5 Å². The van der Waals surface area contributed by atoms with Gasteiger partial charge in [0.05, 0.1) is 68.4 Å². The molecule has 26 heteroatoms. The molecule has 0 aromatic rings. The predicted octanol–water partition coefficient (Wildman–Crippen LogP) is 12.5. The lowest BCUT2D eigenvalue weighted by Crippen LogP contribution is -2.58. The normalized spacial score (nSPS) is 20.6. The average Bonchev–Trinajstić information content (AvgIpc) is 3.95. The maximum atomic E-state index is 12.9. The summed E-state index contributed by atoms with van der Waals surface area (Å²) in [6, 6.07) is 2.09. The monoisotopic (exact) mass is 1270 g/mol. The largest absolute Gasteiger partial charge is 0.743 e. The van der Waals surface area contributed by atoms with Gasteiger partial charge in [0.2, 0.25) is 0 Å². The van der Waals surface area contributed by atoms with Crippen molar-refractivity contribution in [2.75, 3.05) is 46.2 Å². The van der Waals surface area contributed by atoms with Crippen molar-refractivity contribution in [3.05, 3.63) is 0 Å². The summed E-state index contributed by atoms with van der Waals surface area (Å²) in [6.07, 6.45) is 7.35. The van der Waals surface area contributed by atoms with E-state index in [0.717, 1.165) is 37.6 Å². The first-order chi connectivity index (χ1) is 37.0. The van der Waals surface area contributed by atoms with Crippen molar-refractivity contribution in [2.45, 2.75) is 242 Å². The number of halogens is 2. The van der Waals surface area contributed by atoms with Crippen molar-refractivity contribution in [3.8, 4) is 0 Å². The highest BCUT2D eigenvalue weighted by Crippen LogP contribution is 2.58. The van der Waals surface area contributed by atoms with Gasteiger partial charge in [-0.2, -0.15) is 8.78 Å². The van der Waals surface area contributed by atoms with Gasteiger partial charge in [-0.25, -0.2) is 8.42 Å². The molecule has 81 heavy (non-hydrogen) atoms. The van der Waals surface area contributed by atoms with Crippen LogP contribution in [0.1, 0.15) is 141 Å². The van der Waals surface area contributed by atoms with Crippen LogP contribution in [0.3, 0.4) is 0 Å². The van der Waals surface area contributed by atoms with E-state index >= 15 is 0 Å². The fourth-order valence-electron chi connectivity index (χ4n) is 9.31. The maximum absolute atomic E-state index is 12.9. The van der Waals surface area contributed by atoms with Gasteiger partial charge in [-0.05, 0) is 168 Å². The molecule has 3 rings (SSSR count). The Labute approximate surface area is 493 Å². The number of esters is 4. The van der Waals surface area contributed by atoms with Gasteiger partial charge < -0.3 is 54.2 Å². The van der Waals surface area contributed by atoms with Crippen LogP contribution >= 0.6 is 0 Å². The zero-order valence-corrected chi connectivity index (χ0v) is 59.8. The molecule has 9 unspecified atom stereocenters. The number of epoxide rings is 1. The standard InChI is InChI=1S/C23H56O6Si5.C13H20O3.C11H22O4.C8H14F2O5S/c1-15-17-20-30(5,6)26-32(9,10)28-34(13,14)29-33(11,12)27-31(7,8)21-18-19-25-22(24)23(3,4)16-2;1-3-7(2)13(14)15-6-9-4-8-5-10(9)12-11(8)16-12;1-4-10(3)11(12)15-9-8-14-7-6-13-5-2;1-4-5(2)7(11)15-6(3)8(9,10)16(12,13)14/h15-21H2,1-14H3;7-12H,3-6H2,1-2H3;10H,4-9H2,1-3H3;5-6H,4H2,1-3H3,(H,12,13,14)/p-1. The van der Waals surface area contributed by atoms with Gasteiger partial charge in [0, 0.05) is 6.61 Å². The Morgan fingerprint density at radius 3 is 1.51 bits per heavy atom. The highest BCUT2D eigenvalue weighted by molar-refractivity contribution is 7.86. The maximum Gasteiger partial charge on any atom is 0.369 e. The summed E-state index contributed by atoms with van der Waals surface area (Å²) in [5.74, 6) is 0.157. The van der Waals surface area contributed by atoms with Crippen LogP contribution in [0.2, 0.25) is 77.6 Å². The Bertz CT molecular complexity index is 1980. The molecule has 0 spiro atoms. The number of hydrogen-bond donors (Lipinski definition) is 0. The first-order valence-electron chi connectivity index (χ1n) is 29.7. The first kappa shape index (κ1) is 79.5. The second-order valence-electron chi connectivity index (χ2n) is 25.1. The summed E-state index contributed by atoms with van der Waals surface area (Å²) in [4.78, 5) is 46.1. The SMILES string of the molecule is CCC(C)C(=O)OC(C)C(F)(F)S(=O)(=O)[O-].CCC(C)C(=O)OCC1CC2CC1C1OC21.CCCC[Si](C)(C)O[Si](C)(C)O[Si](C)(C)O[Si](C)(C)O[Si](C)(C)CCCOC(=O)C(C)(C)CC.CCOCCOCCOC(=O)C(C)CC. The van der Waals surface area contributed by atoms with E-state index in [1.54, 1.807) is 6.92 Å². The predicted molar refractivity (Wildman–Crippen MR) is 322 cm³/mol. The van der Waals surface area contributed by atoms with Crippen LogP contribution < -0.4 is 0 Å². The second-order valence-corrected chi connectivity index (χ2v) is 46.2. The van der Waals surface area contributed by atoms with Crippen molar-refractivity contribution >= 4 is 76.3 Å². The molecule has 2 saturated carbocycles. The van der Waals surface area contributed by atoms with E-state index in [0.29, 0.717) is 83.6 Å². The summed E-state index contributed by atoms with van der Waals surface area (Å²) in [6.45, 7) is 47.1. The molecule has 1 aliphatic heterocycles. The Hall–Kier alpha value is -1.55. The summed E-state index contributed by atoms with van der Waals surface area (Å²) in [7, 11) is -16.7. The lowest BCUT2D eigenvalue weighted by atomic mass is 9.89. The second kappa shape index (κ2) is 35.9. The van der Waals surface area contributed by atoms with E-state index < -0.39 is 81.1 Å². The molecule has 0 radical (unpaired) electrons. The molecule has 0 aromatic heterocycles. The molecule has 0 aromatic carbocycles. The molecule has 2 bridgehead atoms. The number of ether oxygens (including phenoxy) is 7. The van der Waals surface area contributed by atoms with Crippen molar-refractivity contribution in [2.24, 2.45) is 40.9 Å². The van der Waals surface area contributed by atoms with E-state index in [1.807, 2.05) is 55.4 Å². The van der Waals surface area contributed by atoms with Crippen molar-refractivity contribution in [3.63, 3.8) is 0 Å². The van der Waals surface area contributed by atoms with E-state index in [9.17, 15) is 40.9 Å². The smallest absolute Gasteiger partial charge is 0.369 e. The van der Waals surface area contributed by atoms with Crippen LogP contribution in [0.4, 0.5) is 8.78 Å². The number of alkyl halides is 2. The van der Waals surface area contributed by atoms with Gasteiger partial charge in [0.25, 0.3) is 0 Å². The van der Waals surface area contributed by atoms with Gasteiger partial charge in [-0.3, -0.25) is 19.2 Å². The van der Waals surface area contributed by atoms with Gasteiger partial charge in [-0.1, -0.05) is 68.2 Å². The molecule has 480 valence electrons. The van der Waals surface area contributed by atoms with Gasteiger partial charge in [-0.15, -0.1) is 0 Å². The first-order valence-corrected chi connectivity index (χ1v) is 45.8. The van der Waals surface area contributed by atoms with Crippen molar-refractivity contribution in [1.82, 2.24) is 0 Å². The average molecular weight is 1270 g/mol. The van der Waals surface area contributed by atoms with Gasteiger partial charge in [0.1, 0.15) is 6.61 Å². The molecule has 3 fully saturated rings. The minimum absolute atomic E-state index is 0.0200. The molecular formula is C55H111F2O18SSi5-. The third-order valence-electron chi connectivity index (χ3n) is 14.6. The summed E-state index contributed by atoms with van der Waals surface area (Å²) in [5.41, 5.74) is -0.420. The fraction of sp³-hybridized carbons (Fsp3) is 0.927. The Balaban J connectivity index is 0.00000114. The van der Waals surface area contributed by atoms with Crippen LogP contribution in [-0.4, -0.2) is 149 Å². The third kappa shape index (κ3) is 31.1. The molecular weight excluding hydrogens is 1160 g/mol. The molecule has 0 N–H and O–H groups in total. The van der Waals surface area contributed by atoms with Crippen LogP contribution in [0.5, 0.6) is 0 Å². The van der Waals surface area contributed by atoms with Gasteiger partial charge >= 0.3 is 54.8 Å². The van der Waals surface area contributed by atoms with Crippen LogP contribution in [0.15, 0.2) is 0 Å². The van der Waals surface area contributed by atoms with E-state index in [4.69, 9.17) is 44.9 Å². The number of carbonyl (C=O) groups is 4. The lowest BCUT2D eigenvalue weighted by Gasteiger charge is -2.42. The molecule has 3 aliphatic rings. The molecule has 2 aliphatic carbocycles. The van der Waals surface area contributed by atoms with E-state index in [-0.39, 0.29) is 29.7 Å². The number of rotatable bonds is 35. The number of carbonyl (C=O) groups excluding carboxylic acids is 4. The third-order valence-corrected chi connectivity index (χ3v) is 35.0. The van der Waals surface area contributed by atoms with Crippen molar-refractivity contribution in [1.29, 1.82) is 0 Å². The molecule has 1 saturated heterocycles. The Kier molecular flexibility index (Phi) is 35.2. The van der Waals surface area contributed by atoms with E-state index in [2.05, 4.69) is 77.1 Å². The van der Waals surface area contributed by atoms with Crippen LogP contribution in [0.25, 0.3) is 0 Å². The number of fused-ring (bicyclic) bond motifs is 5. The summed E-state index contributed by atoms with van der Waals surface area (Å²) in [5, 5.41) is -4.61. The minimum atomic E-state index is -5.84. The molecule has 18 nitrogen and oxygen atoms in total. The Morgan fingerprint density at radius 2 is 1.06 bits per heavy atom. The zero-order chi connectivity index (χ0) is 63.0. The van der Waals surface area contributed by atoms with Crippen LogP contribution in [-0.2, 0) is 78.9 Å². The highest BCUT2D eigenvalue weighted by atomic mass is 32.2. The zero-order valence-electron chi connectivity index (χ0n) is 53.9. The van der Waals surface area contributed by atoms with E-state index in [1.165, 1.54) is 38.7 Å². The lowest BCUT2D eigenvalue weighted by molar-refractivity contribution is -0.164. The number of unbranched alkanes of at least 4 members (excludes halogenated alkanes) is 1. The quantitative estimate of drug-likeness (QED) is 0.0143. The molecule has 0 amide bonds. The minimum Gasteiger partial charge on any atom is -0.743 e. The molecule has 1 heterocycles. The summed E-state index contributed by atoms with van der Waals surface area (Å²) < 4.78 is 119.